The van der Waals surface area contributed by atoms with Crippen molar-refractivity contribution >= 4 is 21.2 Å². The molecular weight excluding hydrogens is 350 g/mol. The summed E-state index contributed by atoms with van der Waals surface area (Å²) in [7, 11) is -9.78. The van der Waals surface area contributed by atoms with Crippen molar-refractivity contribution < 1.29 is 58.1 Å². The van der Waals surface area contributed by atoms with E-state index in [-0.39, 0.29) is 0 Å². The molecule has 0 fully saturated rings. The molecule has 0 aromatic carbocycles. The lowest BCUT2D eigenvalue weighted by Crippen LogP contribution is -2.45. The van der Waals surface area contributed by atoms with E-state index in [0.717, 1.165) is 0 Å². The average Bonchev–Trinajstić information content (AvgIpc) is 2.38. The van der Waals surface area contributed by atoms with Gasteiger partial charge in [-0.2, -0.15) is 0 Å². The summed E-state index contributed by atoms with van der Waals surface area (Å²) in [4.78, 5) is 37.1. The summed E-state index contributed by atoms with van der Waals surface area (Å²) in [6.07, 6.45) is -6.56. The molecule has 0 amide bonds. The highest BCUT2D eigenvalue weighted by Gasteiger charge is 2.31. The van der Waals surface area contributed by atoms with Crippen LogP contribution in [0.1, 0.15) is 0 Å². The number of ether oxygens (including phenoxy) is 1. The highest BCUT2D eigenvalue weighted by molar-refractivity contribution is 7.63. The van der Waals surface area contributed by atoms with Crippen molar-refractivity contribution in [3.63, 3.8) is 0 Å². The predicted molar refractivity (Wildman–Crippen MR) is 68.8 cm³/mol. The Hall–Kier alpha value is -0.230. The number of carbonyl (C=O) groups excluding carboxylic acids is 1. The molecule has 0 aliphatic carbocycles. The molecule has 0 heterocycles. The molecule has 0 spiro atoms. The quantitative estimate of drug-likeness (QED) is 0.143. The van der Waals surface area contributed by atoms with Crippen LogP contribution >= 0.6 is 15.4 Å². The van der Waals surface area contributed by atoms with Crippen LogP contribution in [0.2, 0.25) is 0 Å². The zero-order chi connectivity index (χ0) is 17.6. The first-order valence-corrected chi connectivity index (χ1v) is 9.03. The first-order chi connectivity index (χ1) is 9.89. The monoisotopic (exact) mass is 368 g/mol. The Bertz CT molecular complexity index is 446. The highest BCUT2D eigenvalue weighted by atomic mass is 31.3. The summed E-state index contributed by atoms with van der Waals surface area (Å²) in [5.41, 5.74) is 0. The minimum atomic E-state index is -5.16. The lowest BCUT2D eigenvalue weighted by molar-refractivity contribution is -0.144. The lowest BCUT2D eigenvalue weighted by Gasteiger charge is -2.20. The number of hydrogen-bond acceptors (Lipinski definition) is 9. The second-order valence-electron chi connectivity index (χ2n) is 4.14. The summed E-state index contributed by atoms with van der Waals surface area (Å²) < 4.78 is 29.8. The highest BCUT2D eigenvalue weighted by Crippen LogP contribution is 2.56. The smallest absolute Gasteiger partial charge is 0.394 e. The van der Waals surface area contributed by atoms with Crippen molar-refractivity contribution in [3.05, 3.63) is 0 Å². The van der Waals surface area contributed by atoms with Gasteiger partial charge in [0.05, 0.1) is 19.4 Å². The van der Waals surface area contributed by atoms with E-state index in [0.29, 0.717) is 0 Å². The largest absolute Gasteiger partial charge is 0.476 e. The molecular formula is C8H18O12P2. The van der Waals surface area contributed by atoms with Gasteiger partial charge in [-0.25, -0.2) is 8.88 Å². The van der Waals surface area contributed by atoms with Crippen LogP contribution in [0.15, 0.2) is 0 Å². The Morgan fingerprint density at radius 1 is 1.09 bits per heavy atom. The Morgan fingerprint density at radius 3 is 2.09 bits per heavy atom. The first kappa shape index (κ1) is 21.8. The average molecular weight is 368 g/mol. The number of aliphatic hydroxyl groups excluding tert-OH is 4. The number of phosphoric acid groups is 1. The molecule has 0 aromatic heterocycles. The molecule has 4 atom stereocenters. The lowest BCUT2D eigenvalue weighted by atomic mass is 10.1. The Morgan fingerprint density at radius 2 is 1.64 bits per heavy atom. The fourth-order valence-corrected chi connectivity index (χ4v) is 3.17. The van der Waals surface area contributed by atoms with Crippen LogP contribution in [-0.2, 0) is 23.0 Å². The zero-order valence-corrected chi connectivity index (χ0v) is 12.9. The van der Waals surface area contributed by atoms with Gasteiger partial charge in [0.2, 0.25) is 0 Å². The molecule has 0 aromatic rings. The van der Waals surface area contributed by atoms with Gasteiger partial charge >= 0.3 is 15.4 Å². The number of rotatable bonds is 11. The third-order valence-corrected chi connectivity index (χ3v) is 4.85. The number of hydrogen-bond donors (Lipinski definition) is 7. The van der Waals surface area contributed by atoms with E-state index in [1.165, 1.54) is 0 Å². The van der Waals surface area contributed by atoms with Crippen LogP contribution < -0.4 is 0 Å². The Labute approximate surface area is 124 Å². The number of aliphatic hydroxyl groups is 4. The van der Waals surface area contributed by atoms with Crippen LogP contribution in [0.5, 0.6) is 0 Å². The van der Waals surface area contributed by atoms with Gasteiger partial charge in [-0.3, -0.25) is 9.36 Å². The fourth-order valence-electron chi connectivity index (χ4n) is 1.15. The van der Waals surface area contributed by atoms with Gasteiger partial charge in [0.25, 0.3) is 0 Å². The molecule has 0 radical (unpaired) electrons. The second kappa shape index (κ2) is 9.16. The summed E-state index contributed by atoms with van der Waals surface area (Å²) >= 11 is 0. The summed E-state index contributed by atoms with van der Waals surface area (Å²) in [6.45, 7) is -2.31. The molecule has 14 heteroatoms. The zero-order valence-electron chi connectivity index (χ0n) is 11.1. The van der Waals surface area contributed by atoms with Crippen molar-refractivity contribution in [3.8, 4) is 0 Å². The fraction of sp³-hybridized carbons (Fsp3) is 0.875. The van der Waals surface area contributed by atoms with Gasteiger partial charge in [0.15, 0.2) is 5.78 Å². The van der Waals surface area contributed by atoms with Crippen molar-refractivity contribution in [2.24, 2.45) is 0 Å². The minimum absolute atomic E-state index is 0.606. The summed E-state index contributed by atoms with van der Waals surface area (Å²) in [5, 5.41) is 36.1. The standard InChI is InChI=1S/C8H18O12P2/c9-3-5(10)7(12)8(13)6(11)4-19-1-2-21(14,15)20-22(16,17)18/h5,7-10,12-13H,1-4H2,(H,14,15)(H2,16,17,18). The third kappa shape index (κ3) is 9.03. The maximum Gasteiger partial charge on any atom is 0.476 e. The summed E-state index contributed by atoms with van der Waals surface area (Å²) in [6, 6.07) is 0. The van der Waals surface area contributed by atoms with Gasteiger partial charge in [-0.15, -0.1) is 0 Å². The Balaban J connectivity index is 4.18. The van der Waals surface area contributed by atoms with Gasteiger partial charge < -0.3 is 39.8 Å². The molecule has 0 saturated carbocycles. The molecule has 12 nitrogen and oxygen atoms in total. The van der Waals surface area contributed by atoms with Gasteiger partial charge in [-0.05, 0) is 0 Å². The normalized spacial score (nSPS) is 19.2. The van der Waals surface area contributed by atoms with Crippen LogP contribution in [0, 0.1) is 0 Å². The van der Waals surface area contributed by atoms with E-state index in [9.17, 15) is 24.1 Å². The number of ketones is 1. The van der Waals surface area contributed by atoms with E-state index < -0.39 is 65.5 Å². The van der Waals surface area contributed by atoms with Crippen molar-refractivity contribution in [2.75, 3.05) is 26.0 Å². The molecule has 4 unspecified atom stereocenters. The van der Waals surface area contributed by atoms with Crippen LogP contribution in [0.3, 0.4) is 0 Å². The molecule has 0 aliphatic rings. The molecule has 0 rings (SSSR count). The van der Waals surface area contributed by atoms with Crippen molar-refractivity contribution in [1.29, 1.82) is 0 Å². The molecule has 0 saturated heterocycles. The van der Waals surface area contributed by atoms with Crippen LogP contribution in [-0.4, -0.2) is 85.2 Å². The van der Waals surface area contributed by atoms with E-state index in [1.807, 2.05) is 0 Å². The van der Waals surface area contributed by atoms with Gasteiger partial charge in [0, 0.05) is 0 Å². The Kier molecular flexibility index (Phi) is 9.06. The molecule has 7 N–H and O–H groups in total. The summed E-state index contributed by atoms with van der Waals surface area (Å²) in [5.74, 6) is -1.08. The van der Waals surface area contributed by atoms with Crippen LogP contribution in [0.25, 0.3) is 0 Å². The number of carbonyl (C=O) groups is 1. The van der Waals surface area contributed by atoms with Crippen molar-refractivity contribution in [2.45, 2.75) is 18.3 Å². The van der Waals surface area contributed by atoms with E-state index in [4.69, 9.17) is 24.9 Å². The SMILES string of the molecule is O=C(COCCP(=O)(O)OP(=O)(O)O)C(O)C(O)C(O)CO. The first-order valence-electron chi connectivity index (χ1n) is 5.74. The van der Waals surface area contributed by atoms with E-state index in [1.54, 1.807) is 0 Å². The predicted octanol–water partition coefficient (Wildman–Crippen LogP) is -3.06. The van der Waals surface area contributed by atoms with Crippen molar-refractivity contribution in [1.82, 2.24) is 0 Å². The van der Waals surface area contributed by atoms with E-state index in [2.05, 4.69) is 9.05 Å². The molecule has 22 heavy (non-hydrogen) atoms. The minimum Gasteiger partial charge on any atom is -0.394 e. The third-order valence-electron chi connectivity index (χ3n) is 2.23. The van der Waals surface area contributed by atoms with Gasteiger partial charge in [-0.1, -0.05) is 0 Å². The second-order valence-corrected chi connectivity index (χ2v) is 7.49. The van der Waals surface area contributed by atoms with Gasteiger partial charge in [0.1, 0.15) is 24.9 Å². The molecule has 132 valence electrons. The molecule has 0 bridgehead atoms. The molecule has 0 aliphatic heterocycles. The topological polar surface area (TPSA) is 211 Å². The maximum absolute atomic E-state index is 11.3. The maximum atomic E-state index is 11.3. The van der Waals surface area contributed by atoms with Crippen LogP contribution in [0.4, 0.5) is 0 Å². The van der Waals surface area contributed by atoms with E-state index >= 15 is 0 Å². The number of Topliss-reactive ketones (excluding diaryl/α,β-unsaturated/α-hetero) is 1.